The number of alkyl halides is 1. The molecule has 0 saturated carbocycles. The van der Waals surface area contributed by atoms with Crippen molar-refractivity contribution in [3.63, 3.8) is 0 Å². The topological polar surface area (TPSA) is 35.5 Å². The molecule has 0 N–H and O–H groups in total. The van der Waals surface area contributed by atoms with Gasteiger partial charge in [0.15, 0.2) is 0 Å². The highest BCUT2D eigenvalue weighted by Crippen LogP contribution is 2.35. The van der Waals surface area contributed by atoms with E-state index in [1.54, 1.807) is 21.1 Å². The molecule has 0 aromatic heterocycles. The lowest BCUT2D eigenvalue weighted by atomic mass is 10.0. The van der Waals surface area contributed by atoms with E-state index in [1.165, 1.54) is 0 Å². The van der Waals surface area contributed by atoms with Crippen LogP contribution in [-0.2, 0) is 4.79 Å². The number of ether oxygens (including phenoxy) is 2. The molecular weight excluding hydrogens is 240 g/mol. The molecule has 0 aliphatic heterocycles. The van der Waals surface area contributed by atoms with Gasteiger partial charge in [-0.1, -0.05) is 0 Å². The molecule has 0 radical (unpaired) electrons. The van der Waals surface area contributed by atoms with E-state index in [-0.39, 0.29) is 11.2 Å². The molecule has 1 aromatic carbocycles. The molecule has 0 amide bonds. The molecule has 1 atom stereocenters. The van der Waals surface area contributed by atoms with Crippen molar-refractivity contribution in [2.45, 2.75) is 25.1 Å². The summed E-state index contributed by atoms with van der Waals surface area (Å²) in [4.78, 5) is 10.9. The minimum absolute atomic E-state index is 0.137. The largest absolute Gasteiger partial charge is 0.497 e. The Kier molecular flexibility index (Phi) is 5.29. The summed E-state index contributed by atoms with van der Waals surface area (Å²) in [6.45, 7) is 1.56. The Morgan fingerprint density at radius 1 is 1.35 bits per heavy atom. The molecule has 0 saturated heterocycles. The van der Waals surface area contributed by atoms with Gasteiger partial charge in [0.25, 0.3) is 0 Å². The number of hydrogen-bond acceptors (Lipinski definition) is 3. The van der Waals surface area contributed by atoms with Crippen molar-refractivity contribution < 1.29 is 14.3 Å². The zero-order valence-corrected chi connectivity index (χ0v) is 11.1. The van der Waals surface area contributed by atoms with E-state index in [0.717, 1.165) is 11.3 Å². The van der Waals surface area contributed by atoms with E-state index >= 15 is 0 Å². The second-order valence-electron chi connectivity index (χ2n) is 3.82. The maximum atomic E-state index is 10.9. The number of carbonyl (C=O) groups is 1. The molecule has 0 aliphatic carbocycles. The average molecular weight is 257 g/mol. The van der Waals surface area contributed by atoms with Crippen LogP contribution in [-0.4, -0.2) is 20.0 Å². The molecule has 0 aliphatic rings. The number of halogens is 1. The van der Waals surface area contributed by atoms with Crippen molar-refractivity contribution in [3.05, 3.63) is 23.8 Å². The maximum absolute atomic E-state index is 10.9. The standard InChI is InChI=1S/C13H17ClO3/c1-9(15)4-6-12(14)11-8-10(16-2)5-7-13(11)17-3/h5,7-8,12H,4,6H2,1-3H3. The Labute approximate surface area is 107 Å². The predicted molar refractivity (Wildman–Crippen MR) is 68.1 cm³/mol. The first-order valence-corrected chi connectivity index (χ1v) is 5.87. The highest BCUT2D eigenvalue weighted by atomic mass is 35.5. The van der Waals surface area contributed by atoms with Crippen molar-refractivity contribution in [3.8, 4) is 11.5 Å². The monoisotopic (exact) mass is 256 g/mol. The molecule has 17 heavy (non-hydrogen) atoms. The van der Waals surface area contributed by atoms with Crippen LogP contribution in [0.4, 0.5) is 0 Å². The van der Waals surface area contributed by atoms with Crippen molar-refractivity contribution in [1.82, 2.24) is 0 Å². The highest BCUT2D eigenvalue weighted by molar-refractivity contribution is 6.21. The highest BCUT2D eigenvalue weighted by Gasteiger charge is 2.15. The smallest absolute Gasteiger partial charge is 0.129 e. The summed E-state index contributed by atoms with van der Waals surface area (Å²) in [7, 11) is 3.20. The van der Waals surface area contributed by atoms with Crippen LogP contribution in [0.3, 0.4) is 0 Å². The van der Waals surface area contributed by atoms with E-state index in [0.29, 0.717) is 18.6 Å². The summed E-state index contributed by atoms with van der Waals surface area (Å²) < 4.78 is 10.4. The van der Waals surface area contributed by atoms with Crippen LogP contribution in [0.15, 0.2) is 18.2 Å². The molecule has 1 rings (SSSR count). The van der Waals surface area contributed by atoms with Gasteiger partial charge in [-0.25, -0.2) is 0 Å². The van der Waals surface area contributed by atoms with E-state index in [9.17, 15) is 4.79 Å². The predicted octanol–water partition coefficient (Wildman–Crippen LogP) is 3.35. The van der Waals surface area contributed by atoms with Gasteiger partial charge >= 0.3 is 0 Å². The molecule has 0 heterocycles. The van der Waals surface area contributed by atoms with Crippen LogP contribution >= 0.6 is 11.6 Å². The number of methoxy groups -OCH3 is 2. The molecular formula is C13H17ClO3. The zero-order chi connectivity index (χ0) is 12.8. The zero-order valence-electron chi connectivity index (χ0n) is 10.3. The van der Waals surface area contributed by atoms with Gasteiger partial charge in [0.05, 0.1) is 19.6 Å². The molecule has 0 bridgehead atoms. The number of carbonyl (C=O) groups excluding carboxylic acids is 1. The molecule has 1 aromatic rings. The lowest BCUT2D eigenvalue weighted by Gasteiger charge is -2.14. The van der Waals surface area contributed by atoms with Crippen LogP contribution in [0.1, 0.15) is 30.7 Å². The lowest BCUT2D eigenvalue weighted by molar-refractivity contribution is -0.117. The first-order chi connectivity index (χ1) is 8.08. The van der Waals surface area contributed by atoms with E-state index in [4.69, 9.17) is 21.1 Å². The van der Waals surface area contributed by atoms with Crippen molar-refractivity contribution in [2.24, 2.45) is 0 Å². The Morgan fingerprint density at radius 2 is 2.06 bits per heavy atom. The molecule has 3 nitrogen and oxygen atoms in total. The Bertz CT molecular complexity index is 390. The van der Waals surface area contributed by atoms with Crippen LogP contribution in [0.25, 0.3) is 0 Å². The summed E-state index contributed by atoms with van der Waals surface area (Å²) in [5.41, 5.74) is 0.856. The fraction of sp³-hybridized carbons (Fsp3) is 0.462. The van der Waals surface area contributed by atoms with Crippen molar-refractivity contribution in [2.75, 3.05) is 14.2 Å². The second-order valence-corrected chi connectivity index (χ2v) is 4.34. The average Bonchev–Trinajstić information content (AvgIpc) is 2.34. The molecule has 1 unspecified atom stereocenters. The quantitative estimate of drug-likeness (QED) is 0.732. The number of ketones is 1. The van der Waals surface area contributed by atoms with Crippen LogP contribution < -0.4 is 9.47 Å². The summed E-state index contributed by atoms with van der Waals surface area (Å²) in [5.74, 6) is 1.58. The number of rotatable bonds is 6. The Morgan fingerprint density at radius 3 is 2.59 bits per heavy atom. The lowest BCUT2D eigenvalue weighted by Crippen LogP contribution is -1.99. The number of benzene rings is 1. The normalized spacial score (nSPS) is 12.0. The Hall–Kier alpha value is -1.22. The van der Waals surface area contributed by atoms with Gasteiger partial charge < -0.3 is 14.3 Å². The first kappa shape index (κ1) is 13.8. The summed E-state index contributed by atoms with van der Waals surface area (Å²) in [5, 5.41) is -0.246. The SMILES string of the molecule is COc1ccc(OC)c(C(Cl)CCC(C)=O)c1. The van der Waals surface area contributed by atoms with Gasteiger partial charge in [0.1, 0.15) is 17.3 Å². The molecule has 0 fully saturated rings. The number of hydrogen-bond donors (Lipinski definition) is 0. The van der Waals surface area contributed by atoms with Gasteiger partial charge in [0.2, 0.25) is 0 Å². The van der Waals surface area contributed by atoms with Gasteiger partial charge in [-0.05, 0) is 31.5 Å². The summed E-state index contributed by atoms with van der Waals surface area (Å²) in [6.07, 6.45) is 1.06. The van der Waals surface area contributed by atoms with Crippen molar-refractivity contribution in [1.29, 1.82) is 0 Å². The van der Waals surface area contributed by atoms with Crippen LogP contribution in [0.2, 0.25) is 0 Å². The van der Waals surface area contributed by atoms with Gasteiger partial charge in [-0.15, -0.1) is 11.6 Å². The summed E-state index contributed by atoms with van der Waals surface area (Å²) in [6, 6.07) is 5.48. The van der Waals surface area contributed by atoms with E-state index < -0.39 is 0 Å². The molecule has 4 heteroatoms. The maximum Gasteiger partial charge on any atom is 0.129 e. The van der Waals surface area contributed by atoms with Crippen LogP contribution in [0, 0.1) is 0 Å². The van der Waals surface area contributed by atoms with E-state index in [1.807, 2.05) is 18.2 Å². The van der Waals surface area contributed by atoms with E-state index in [2.05, 4.69) is 0 Å². The first-order valence-electron chi connectivity index (χ1n) is 5.44. The third-order valence-electron chi connectivity index (χ3n) is 2.52. The number of Topliss-reactive ketones (excluding diaryl/α,β-unsaturated/α-hetero) is 1. The third kappa shape index (κ3) is 3.93. The van der Waals surface area contributed by atoms with Gasteiger partial charge in [-0.3, -0.25) is 0 Å². The minimum Gasteiger partial charge on any atom is -0.497 e. The third-order valence-corrected chi connectivity index (χ3v) is 2.98. The van der Waals surface area contributed by atoms with Gasteiger partial charge in [-0.2, -0.15) is 0 Å². The Balaban J connectivity index is 2.88. The summed E-state index contributed by atoms with van der Waals surface area (Å²) >= 11 is 6.28. The minimum atomic E-state index is -0.246. The fourth-order valence-electron chi connectivity index (χ4n) is 1.57. The van der Waals surface area contributed by atoms with Crippen LogP contribution in [0.5, 0.6) is 11.5 Å². The fourth-order valence-corrected chi connectivity index (χ4v) is 1.85. The molecule has 94 valence electrons. The molecule has 0 spiro atoms. The van der Waals surface area contributed by atoms with Crippen molar-refractivity contribution >= 4 is 17.4 Å². The second kappa shape index (κ2) is 6.50. The van der Waals surface area contributed by atoms with Gasteiger partial charge in [0, 0.05) is 12.0 Å².